The lowest BCUT2D eigenvalue weighted by Gasteiger charge is -2.18. The molecule has 3 rings (SSSR count). The monoisotopic (exact) mass is 375 g/mol. The second-order valence-corrected chi connectivity index (χ2v) is 6.39. The largest absolute Gasteiger partial charge is 0.478 e. The van der Waals surface area contributed by atoms with E-state index >= 15 is 0 Å². The van der Waals surface area contributed by atoms with Gasteiger partial charge in [-0.2, -0.15) is 0 Å². The quantitative estimate of drug-likeness (QED) is 0.587. The number of rotatable bonds is 8. The molecule has 1 amide bonds. The molecule has 5 heteroatoms. The molecule has 0 saturated carbocycles. The van der Waals surface area contributed by atoms with Crippen molar-refractivity contribution >= 4 is 11.9 Å². The summed E-state index contributed by atoms with van der Waals surface area (Å²) in [6, 6.07) is 26.2. The van der Waals surface area contributed by atoms with Crippen LogP contribution in [0.15, 0.2) is 84.9 Å². The maximum atomic E-state index is 12.1. The molecule has 5 nitrogen and oxygen atoms in total. The number of carbonyl (C=O) groups excluding carboxylic acids is 1. The van der Waals surface area contributed by atoms with Gasteiger partial charge in [-0.1, -0.05) is 72.8 Å². The number of aromatic carboxylic acids is 1. The SMILES string of the molecule is O=C(Cc1ccc(C(=O)O)cc1)NOCC(c1ccccc1)c1ccccc1. The van der Waals surface area contributed by atoms with E-state index in [-0.39, 0.29) is 23.8 Å². The topological polar surface area (TPSA) is 75.6 Å². The summed E-state index contributed by atoms with van der Waals surface area (Å²) in [4.78, 5) is 28.5. The third kappa shape index (κ3) is 5.28. The number of hydrogen-bond donors (Lipinski definition) is 2. The summed E-state index contributed by atoms with van der Waals surface area (Å²) in [5.74, 6) is -1.28. The Bertz CT molecular complexity index is 869. The van der Waals surface area contributed by atoms with Crippen LogP contribution >= 0.6 is 0 Å². The molecule has 0 heterocycles. The fourth-order valence-electron chi connectivity index (χ4n) is 2.95. The van der Waals surface area contributed by atoms with E-state index in [0.29, 0.717) is 12.2 Å². The molecule has 0 fully saturated rings. The van der Waals surface area contributed by atoms with E-state index in [1.54, 1.807) is 12.1 Å². The highest BCUT2D eigenvalue weighted by atomic mass is 16.6. The Morgan fingerprint density at radius 2 is 1.36 bits per heavy atom. The summed E-state index contributed by atoms with van der Waals surface area (Å²) in [5, 5.41) is 8.91. The molecule has 0 radical (unpaired) electrons. The van der Waals surface area contributed by atoms with Gasteiger partial charge in [0.1, 0.15) is 0 Å². The third-order valence-corrected chi connectivity index (χ3v) is 4.41. The lowest BCUT2D eigenvalue weighted by molar-refractivity contribution is -0.133. The minimum absolute atomic E-state index is 0.00227. The van der Waals surface area contributed by atoms with Gasteiger partial charge in [0.2, 0.25) is 5.91 Å². The van der Waals surface area contributed by atoms with Gasteiger partial charge in [-0.25, -0.2) is 10.3 Å². The van der Waals surface area contributed by atoms with E-state index in [0.717, 1.165) is 11.1 Å². The molecule has 2 N–H and O–H groups in total. The van der Waals surface area contributed by atoms with Crippen LogP contribution in [0.5, 0.6) is 0 Å². The van der Waals surface area contributed by atoms with Crippen molar-refractivity contribution in [2.45, 2.75) is 12.3 Å². The van der Waals surface area contributed by atoms with Crippen LogP contribution in [0.3, 0.4) is 0 Å². The summed E-state index contributed by atoms with van der Waals surface area (Å²) in [6.07, 6.45) is 0.112. The molecule has 0 aliphatic carbocycles. The van der Waals surface area contributed by atoms with E-state index in [1.807, 2.05) is 60.7 Å². The Kier molecular flexibility index (Phi) is 6.54. The fraction of sp³-hybridized carbons (Fsp3) is 0.130. The molecule has 3 aromatic carbocycles. The lowest BCUT2D eigenvalue weighted by Crippen LogP contribution is -2.27. The van der Waals surface area contributed by atoms with Crippen LogP contribution in [-0.4, -0.2) is 23.6 Å². The normalized spacial score (nSPS) is 10.6. The zero-order valence-corrected chi connectivity index (χ0v) is 15.2. The Balaban J connectivity index is 1.58. The highest BCUT2D eigenvalue weighted by molar-refractivity contribution is 5.87. The Morgan fingerprint density at radius 1 is 0.821 bits per heavy atom. The fourth-order valence-corrected chi connectivity index (χ4v) is 2.95. The number of hydroxylamine groups is 1. The molecule has 142 valence electrons. The molecule has 3 aromatic rings. The van der Waals surface area contributed by atoms with Gasteiger partial charge in [-0.15, -0.1) is 0 Å². The zero-order valence-electron chi connectivity index (χ0n) is 15.2. The standard InChI is InChI=1S/C23H21NO4/c25-22(15-17-11-13-20(14-12-17)23(26)27)24-28-16-21(18-7-3-1-4-8-18)19-9-5-2-6-10-19/h1-14,21H,15-16H2,(H,24,25)(H,26,27). The van der Waals surface area contributed by atoms with Gasteiger partial charge < -0.3 is 5.11 Å². The molecule has 0 unspecified atom stereocenters. The number of hydrogen-bond acceptors (Lipinski definition) is 3. The van der Waals surface area contributed by atoms with Crippen LogP contribution in [0.25, 0.3) is 0 Å². The maximum absolute atomic E-state index is 12.1. The second-order valence-electron chi connectivity index (χ2n) is 6.39. The van der Waals surface area contributed by atoms with Gasteiger partial charge in [0, 0.05) is 5.92 Å². The average molecular weight is 375 g/mol. The first-order valence-corrected chi connectivity index (χ1v) is 8.96. The van der Waals surface area contributed by atoms with E-state index < -0.39 is 5.97 Å². The number of amides is 1. The summed E-state index contributed by atoms with van der Waals surface area (Å²) in [7, 11) is 0. The van der Waals surface area contributed by atoms with Crippen molar-refractivity contribution in [3.05, 3.63) is 107 Å². The number of benzene rings is 3. The molecule has 0 saturated heterocycles. The summed E-state index contributed by atoms with van der Waals surface area (Å²) < 4.78 is 0. The van der Waals surface area contributed by atoms with Gasteiger partial charge >= 0.3 is 5.97 Å². The van der Waals surface area contributed by atoms with Gasteiger partial charge in [0.05, 0.1) is 18.6 Å². The van der Waals surface area contributed by atoms with Crippen molar-refractivity contribution in [1.29, 1.82) is 0 Å². The molecular formula is C23H21NO4. The van der Waals surface area contributed by atoms with Crippen LogP contribution < -0.4 is 5.48 Å². The molecule has 0 aromatic heterocycles. The highest BCUT2D eigenvalue weighted by Crippen LogP contribution is 2.24. The van der Waals surface area contributed by atoms with E-state index in [9.17, 15) is 9.59 Å². The molecule has 0 atom stereocenters. The van der Waals surface area contributed by atoms with Crippen LogP contribution in [0.4, 0.5) is 0 Å². The smallest absolute Gasteiger partial charge is 0.335 e. The van der Waals surface area contributed by atoms with Crippen molar-refractivity contribution in [1.82, 2.24) is 5.48 Å². The van der Waals surface area contributed by atoms with Gasteiger partial charge in [0.15, 0.2) is 0 Å². The van der Waals surface area contributed by atoms with Crippen molar-refractivity contribution < 1.29 is 19.5 Å². The Morgan fingerprint density at radius 3 is 1.86 bits per heavy atom. The summed E-state index contributed by atoms with van der Waals surface area (Å²) in [5.41, 5.74) is 5.60. The molecule has 0 aliphatic rings. The number of carboxylic acid groups (broad SMARTS) is 1. The van der Waals surface area contributed by atoms with E-state index in [4.69, 9.17) is 9.94 Å². The van der Waals surface area contributed by atoms with E-state index in [2.05, 4.69) is 5.48 Å². The summed E-state index contributed by atoms with van der Waals surface area (Å²) in [6.45, 7) is 0.303. The van der Waals surface area contributed by atoms with Crippen molar-refractivity contribution in [2.75, 3.05) is 6.61 Å². The first-order valence-electron chi connectivity index (χ1n) is 8.96. The predicted octanol–water partition coefficient (Wildman–Crippen LogP) is 3.81. The molecule has 28 heavy (non-hydrogen) atoms. The number of carboxylic acids is 1. The zero-order chi connectivity index (χ0) is 19.8. The number of nitrogens with one attached hydrogen (secondary N) is 1. The highest BCUT2D eigenvalue weighted by Gasteiger charge is 2.15. The minimum atomic E-state index is -0.993. The molecular weight excluding hydrogens is 354 g/mol. The van der Waals surface area contributed by atoms with Crippen LogP contribution in [0, 0.1) is 0 Å². The second kappa shape index (κ2) is 9.48. The van der Waals surface area contributed by atoms with Crippen molar-refractivity contribution in [3.8, 4) is 0 Å². The molecule has 0 bridgehead atoms. The van der Waals surface area contributed by atoms with Gasteiger partial charge in [-0.05, 0) is 28.8 Å². The average Bonchev–Trinajstić information content (AvgIpc) is 2.73. The van der Waals surface area contributed by atoms with E-state index in [1.165, 1.54) is 12.1 Å². The minimum Gasteiger partial charge on any atom is -0.478 e. The van der Waals surface area contributed by atoms with Crippen LogP contribution in [-0.2, 0) is 16.1 Å². The van der Waals surface area contributed by atoms with Crippen LogP contribution in [0.2, 0.25) is 0 Å². The summed E-state index contributed by atoms with van der Waals surface area (Å²) >= 11 is 0. The maximum Gasteiger partial charge on any atom is 0.335 e. The van der Waals surface area contributed by atoms with Crippen LogP contribution in [0.1, 0.15) is 33.0 Å². The third-order valence-electron chi connectivity index (χ3n) is 4.41. The molecule has 0 aliphatic heterocycles. The van der Waals surface area contributed by atoms with Crippen molar-refractivity contribution in [2.24, 2.45) is 0 Å². The number of carbonyl (C=O) groups is 2. The molecule has 0 spiro atoms. The Labute approximate surface area is 163 Å². The first kappa shape index (κ1) is 19.3. The first-order chi connectivity index (χ1) is 13.6. The predicted molar refractivity (Wildman–Crippen MR) is 106 cm³/mol. The van der Waals surface area contributed by atoms with Gasteiger partial charge in [0.25, 0.3) is 0 Å². The Hall–Kier alpha value is -3.44. The van der Waals surface area contributed by atoms with Crippen molar-refractivity contribution in [3.63, 3.8) is 0 Å². The lowest BCUT2D eigenvalue weighted by atomic mass is 9.92. The van der Waals surface area contributed by atoms with Gasteiger partial charge in [-0.3, -0.25) is 9.63 Å².